The van der Waals surface area contributed by atoms with Crippen LogP contribution >= 0.6 is 15.9 Å². The third kappa shape index (κ3) is 2.82. The molecule has 3 aromatic rings. The SMILES string of the molecule is O=C(CN1CC2(CC2)c2cc(Br)ccc2C1=O)Nc1ccc2nc[nH]c2c1. The van der Waals surface area contributed by atoms with Crippen LogP contribution in [0, 0.1) is 0 Å². The summed E-state index contributed by atoms with van der Waals surface area (Å²) in [5, 5.41) is 2.88. The van der Waals surface area contributed by atoms with Crippen LogP contribution in [0.25, 0.3) is 11.0 Å². The van der Waals surface area contributed by atoms with Crippen LogP contribution in [0.5, 0.6) is 0 Å². The first-order chi connectivity index (χ1) is 13.0. The minimum absolute atomic E-state index is 0.0160. The van der Waals surface area contributed by atoms with Gasteiger partial charge in [0.2, 0.25) is 5.91 Å². The van der Waals surface area contributed by atoms with Gasteiger partial charge in [-0.2, -0.15) is 0 Å². The number of halogens is 1. The molecule has 6 nitrogen and oxygen atoms in total. The van der Waals surface area contributed by atoms with Gasteiger partial charge in [0.15, 0.2) is 0 Å². The van der Waals surface area contributed by atoms with E-state index < -0.39 is 0 Å². The van der Waals surface area contributed by atoms with Gasteiger partial charge in [0.05, 0.1) is 17.4 Å². The maximum Gasteiger partial charge on any atom is 0.254 e. The highest BCUT2D eigenvalue weighted by molar-refractivity contribution is 9.10. The van der Waals surface area contributed by atoms with Gasteiger partial charge in [-0.3, -0.25) is 9.59 Å². The van der Waals surface area contributed by atoms with Gasteiger partial charge >= 0.3 is 0 Å². The number of benzene rings is 2. The number of nitrogens with zero attached hydrogens (tertiary/aromatic N) is 2. The largest absolute Gasteiger partial charge is 0.345 e. The second-order valence-corrected chi connectivity index (χ2v) is 8.23. The lowest BCUT2D eigenvalue weighted by atomic mass is 9.86. The number of rotatable bonds is 3. The number of fused-ring (bicyclic) bond motifs is 3. The molecule has 0 unspecified atom stereocenters. The van der Waals surface area contributed by atoms with Crippen molar-refractivity contribution < 1.29 is 9.59 Å². The van der Waals surface area contributed by atoms with E-state index in [1.165, 1.54) is 0 Å². The number of hydrogen-bond donors (Lipinski definition) is 2. The molecule has 1 aliphatic heterocycles. The molecule has 5 rings (SSSR count). The Labute approximate surface area is 164 Å². The monoisotopic (exact) mass is 424 g/mol. The van der Waals surface area contributed by atoms with E-state index in [0.717, 1.165) is 33.9 Å². The van der Waals surface area contributed by atoms with Crippen molar-refractivity contribution in [1.82, 2.24) is 14.9 Å². The van der Waals surface area contributed by atoms with Crippen LogP contribution in [0.1, 0.15) is 28.8 Å². The molecular formula is C20H17BrN4O2. The van der Waals surface area contributed by atoms with Crippen molar-refractivity contribution in [2.75, 3.05) is 18.4 Å². The average molecular weight is 425 g/mol. The molecule has 2 aromatic carbocycles. The highest BCUT2D eigenvalue weighted by Crippen LogP contribution is 2.52. The lowest BCUT2D eigenvalue weighted by Gasteiger charge is -2.34. The van der Waals surface area contributed by atoms with Gasteiger partial charge in [-0.05, 0) is 54.8 Å². The van der Waals surface area contributed by atoms with E-state index in [9.17, 15) is 9.59 Å². The number of anilines is 1. The number of aromatic nitrogens is 2. The van der Waals surface area contributed by atoms with Gasteiger partial charge in [-0.15, -0.1) is 0 Å². The molecule has 0 atom stereocenters. The second kappa shape index (κ2) is 5.92. The highest BCUT2D eigenvalue weighted by atomic mass is 79.9. The first kappa shape index (κ1) is 16.5. The topological polar surface area (TPSA) is 78.1 Å². The summed E-state index contributed by atoms with van der Waals surface area (Å²) in [5.41, 5.74) is 4.24. The second-order valence-electron chi connectivity index (χ2n) is 7.31. The Kier molecular flexibility index (Phi) is 3.62. The molecule has 2 heterocycles. The fourth-order valence-electron chi connectivity index (χ4n) is 3.93. The minimum Gasteiger partial charge on any atom is -0.345 e. The van der Waals surface area contributed by atoms with Gasteiger partial charge in [0.25, 0.3) is 5.91 Å². The Hall–Kier alpha value is -2.67. The van der Waals surface area contributed by atoms with Crippen molar-refractivity contribution in [3.8, 4) is 0 Å². The number of hydrogen-bond acceptors (Lipinski definition) is 3. The molecule has 0 bridgehead atoms. The van der Waals surface area contributed by atoms with Crippen molar-refractivity contribution in [3.63, 3.8) is 0 Å². The van der Waals surface area contributed by atoms with Crippen LogP contribution in [-0.4, -0.2) is 39.8 Å². The van der Waals surface area contributed by atoms with Crippen LogP contribution < -0.4 is 5.32 Å². The summed E-state index contributed by atoms with van der Waals surface area (Å²) >= 11 is 3.50. The fourth-order valence-corrected chi connectivity index (χ4v) is 4.29. The quantitative estimate of drug-likeness (QED) is 0.675. The number of H-pyrrole nitrogens is 1. The van der Waals surface area contributed by atoms with Crippen LogP contribution in [0.2, 0.25) is 0 Å². The van der Waals surface area contributed by atoms with Gasteiger partial charge in [0.1, 0.15) is 6.54 Å². The summed E-state index contributed by atoms with van der Waals surface area (Å²) in [6.07, 6.45) is 3.73. The van der Waals surface area contributed by atoms with Crippen molar-refractivity contribution >= 4 is 44.5 Å². The molecule has 1 spiro atoms. The van der Waals surface area contributed by atoms with E-state index in [0.29, 0.717) is 17.8 Å². The van der Waals surface area contributed by atoms with E-state index in [4.69, 9.17) is 0 Å². The van der Waals surface area contributed by atoms with Gasteiger partial charge in [-0.1, -0.05) is 15.9 Å². The first-order valence-electron chi connectivity index (χ1n) is 8.86. The standard InChI is InChI=1S/C20H17BrN4O2/c21-12-1-3-14-15(7-12)20(5-6-20)10-25(19(14)27)9-18(26)24-13-2-4-16-17(8-13)23-11-22-16/h1-4,7-8,11H,5-6,9-10H2,(H,22,23)(H,24,26). The normalized spacial score (nSPS) is 17.2. The van der Waals surface area contributed by atoms with Crippen molar-refractivity contribution in [2.24, 2.45) is 0 Å². The molecule has 136 valence electrons. The van der Waals surface area contributed by atoms with E-state index in [2.05, 4.69) is 37.3 Å². The van der Waals surface area contributed by atoms with Gasteiger partial charge < -0.3 is 15.2 Å². The zero-order chi connectivity index (χ0) is 18.6. The number of aromatic amines is 1. The Morgan fingerprint density at radius 1 is 1.26 bits per heavy atom. The van der Waals surface area contributed by atoms with Crippen LogP contribution in [-0.2, 0) is 10.2 Å². The number of nitrogens with one attached hydrogen (secondary N) is 2. The Morgan fingerprint density at radius 3 is 2.93 bits per heavy atom. The van der Waals surface area contributed by atoms with Crippen LogP contribution in [0.15, 0.2) is 47.2 Å². The lowest BCUT2D eigenvalue weighted by molar-refractivity contribution is -0.117. The lowest BCUT2D eigenvalue weighted by Crippen LogP contribution is -2.46. The first-order valence-corrected chi connectivity index (χ1v) is 9.66. The summed E-state index contributed by atoms with van der Waals surface area (Å²) in [6, 6.07) is 11.3. The van der Waals surface area contributed by atoms with Gasteiger partial charge in [0, 0.05) is 27.7 Å². The van der Waals surface area contributed by atoms with Crippen molar-refractivity contribution in [2.45, 2.75) is 18.3 Å². The average Bonchev–Trinajstić information content (AvgIpc) is 3.26. The number of amides is 2. The third-order valence-corrected chi connectivity index (χ3v) is 5.95. The molecule has 0 radical (unpaired) electrons. The van der Waals surface area contributed by atoms with E-state index in [-0.39, 0.29) is 23.8 Å². The molecule has 2 amide bonds. The molecule has 1 fully saturated rings. The third-order valence-electron chi connectivity index (χ3n) is 5.46. The maximum absolute atomic E-state index is 12.9. The molecule has 1 aromatic heterocycles. The summed E-state index contributed by atoms with van der Waals surface area (Å²) in [4.78, 5) is 34.3. The summed E-state index contributed by atoms with van der Waals surface area (Å²) in [5.74, 6) is -0.271. The number of carbonyl (C=O) groups excluding carboxylic acids is 2. The summed E-state index contributed by atoms with van der Waals surface area (Å²) < 4.78 is 0.987. The number of carbonyl (C=O) groups is 2. The number of imidazole rings is 1. The molecule has 1 aliphatic carbocycles. The van der Waals surface area contributed by atoms with Crippen molar-refractivity contribution in [3.05, 3.63) is 58.3 Å². The van der Waals surface area contributed by atoms with Gasteiger partial charge in [-0.25, -0.2) is 4.98 Å². The maximum atomic E-state index is 12.9. The molecule has 1 saturated carbocycles. The Morgan fingerprint density at radius 2 is 2.11 bits per heavy atom. The van der Waals surface area contributed by atoms with E-state index in [1.54, 1.807) is 11.2 Å². The van der Waals surface area contributed by atoms with E-state index >= 15 is 0 Å². The van der Waals surface area contributed by atoms with Crippen LogP contribution in [0.3, 0.4) is 0 Å². The molecule has 7 heteroatoms. The molecule has 2 aliphatic rings. The highest BCUT2D eigenvalue weighted by Gasteiger charge is 2.51. The van der Waals surface area contributed by atoms with Crippen LogP contribution in [0.4, 0.5) is 5.69 Å². The summed E-state index contributed by atoms with van der Waals surface area (Å²) in [7, 11) is 0. The molecule has 0 saturated heterocycles. The zero-order valence-electron chi connectivity index (χ0n) is 14.5. The summed E-state index contributed by atoms with van der Waals surface area (Å²) in [6.45, 7) is 0.652. The minimum atomic E-state index is -0.196. The predicted molar refractivity (Wildman–Crippen MR) is 106 cm³/mol. The zero-order valence-corrected chi connectivity index (χ0v) is 16.0. The smallest absolute Gasteiger partial charge is 0.254 e. The Bertz CT molecular complexity index is 1090. The molecular weight excluding hydrogens is 408 g/mol. The fraction of sp³-hybridized carbons (Fsp3) is 0.250. The predicted octanol–water partition coefficient (Wildman–Crippen LogP) is 3.45. The van der Waals surface area contributed by atoms with Crippen molar-refractivity contribution in [1.29, 1.82) is 0 Å². The Balaban J connectivity index is 1.35. The van der Waals surface area contributed by atoms with E-state index in [1.807, 2.05) is 30.3 Å². The molecule has 2 N–H and O–H groups in total. The molecule has 27 heavy (non-hydrogen) atoms.